The van der Waals surface area contributed by atoms with Crippen molar-refractivity contribution in [1.29, 1.82) is 0 Å². The summed E-state index contributed by atoms with van der Waals surface area (Å²) in [5, 5.41) is 13.6. The van der Waals surface area contributed by atoms with Crippen molar-refractivity contribution < 1.29 is 23.0 Å². The standard InChI is InChI=1S/C29H27FN8O4/c30-24-15-20(25-16-23(42-34-25)17-32-27-6-13-41-35-27)4-5-26(24)36-9-11-37(12-10-36)28(39)18-33-29(40)21-2-1-3-22(14-21)38-8-7-31-19-38/h1-8,13-16,19H,9-12,17-18H2,(H,32,35)(H,33,40). The minimum Gasteiger partial charge on any atom is -0.366 e. The van der Waals surface area contributed by atoms with Crippen LogP contribution in [0.15, 0.2) is 88.6 Å². The molecule has 5 aromatic rings. The van der Waals surface area contributed by atoms with Crippen molar-refractivity contribution in [1.82, 2.24) is 30.1 Å². The Labute approximate surface area is 239 Å². The highest BCUT2D eigenvalue weighted by Gasteiger charge is 2.24. The number of halogens is 1. The zero-order valence-corrected chi connectivity index (χ0v) is 22.4. The third kappa shape index (κ3) is 5.99. The van der Waals surface area contributed by atoms with E-state index in [1.165, 1.54) is 12.3 Å². The quantitative estimate of drug-likeness (QED) is 0.274. The molecular formula is C29H27FN8O4. The highest BCUT2D eigenvalue weighted by atomic mass is 19.1. The Morgan fingerprint density at radius 1 is 1.00 bits per heavy atom. The average Bonchev–Trinajstić information content (AvgIpc) is 3.82. The van der Waals surface area contributed by atoms with Crippen LogP contribution in [0.5, 0.6) is 0 Å². The predicted molar refractivity (Wildman–Crippen MR) is 150 cm³/mol. The van der Waals surface area contributed by atoms with Gasteiger partial charge >= 0.3 is 0 Å². The maximum Gasteiger partial charge on any atom is 0.251 e. The number of anilines is 2. The van der Waals surface area contributed by atoms with Gasteiger partial charge < -0.3 is 34.0 Å². The summed E-state index contributed by atoms with van der Waals surface area (Å²) >= 11 is 0. The van der Waals surface area contributed by atoms with Crippen LogP contribution >= 0.6 is 0 Å². The average molecular weight is 571 g/mol. The van der Waals surface area contributed by atoms with Gasteiger partial charge in [-0.1, -0.05) is 22.4 Å². The first-order valence-corrected chi connectivity index (χ1v) is 13.3. The Kier molecular flexibility index (Phi) is 7.62. The summed E-state index contributed by atoms with van der Waals surface area (Å²) in [5.74, 6) is 0.226. The van der Waals surface area contributed by atoms with Gasteiger partial charge in [-0.25, -0.2) is 9.37 Å². The molecule has 1 aliphatic rings. The summed E-state index contributed by atoms with van der Waals surface area (Å²) in [5.41, 5.74) is 2.80. The molecule has 1 saturated heterocycles. The minimum atomic E-state index is -0.386. The number of carbonyl (C=O) groups excluding carboxylic acids is 2. The van der Waals surface area contributed by atoms with Crippen LogP contribution in [0.4, 0.5) is 15.9 Å². The first-order chi connectivity index (χ1) is 20.5. The highest BCUT2D eigenvalue weighted by molar-refractivity contribution is 5.97. The molecule has 0 aliphatic carbocycles. The largest absolute Gasteiger partial charge is 0.366 e. The fraction of sp³-hybridized carbons (Fsp3) is 0.207. The number of hydrogen-bond acceptors (Lipinski definition) is 9. The SMILES string of the molecule is O=C(NCC(=O)N1CCN(c2ccc(-c3cc(CNc4ccon4)on3)cc2F)CC1)c1cccc(-n2ccnc2)c1. The number of rotatable bonds is 9. The Hall–Kier alpha value is -5.46. The molecule has 2 N–H and O–H groups in total. The first-order valence-electron chi connectivity index (χ1n) is 13.3. The van der Waals surface area contributed by atoms with E-state index >= 15 is 4.39 Å². The van der Waals surface area contributed by atoms with Gasteiger partial charge in [0.2, 0.25) is 5.91 Å². The van der Waals surface area contributed by atoms with Crippen LogP contribution in [0.2, 0.25) is 0 Å². The van der Waals surface area contributed by atoms with Crippen LogP contribution < -0.4 is 15.5 Å². The number of amides is 2. The molecular weight excluding hydrogens is 543 g/mol. The zero-order chi connectivity index (χ0) is 28.9. The molecule has 214 valence electrons. The molecule has 0 unspecified atom stereocenters. The van der Waals surface area contributed by atoms with Gasteiger partial charge in [0.15, 0.2) is 11.6 Å². The van der Waals surface area contributed by atoms with Crippen LogP contribution in [-0.4, -0.2) is 69.3 Å². The number of hydrogen-bond donors (Lipinski definition) is 2. The molecule has 42 heavy (non-hydrogen) atoms. The van der Waals surface area contributed by atoms with E-state index < -0.39 is 0 Å². The molecule has 2 aromatic carbocycles. The van der Waals surface area contributed by atoms with Crippen molar-refractivity contribution in [3.05, 3.63) is 96.7 Å². The Balaban J connectivity index is 0.995. The summed E-state index contributed by atoms with van der Waals surface area (Å²) in [6, 6.07) is 15.4. The second-order valence-electron chi connectivity index (χ2n) is 9.65. The van der Waals surface area contributed by atoms with Gasteiger partial charge in [-0.3, -0.25) is 9.59 Å². The second-order valence-corrected chi connectivity index (χ2v) is 9.65. The van der Waals surface area contributed by atoms with Crippen LogP contribution in [0.25, 0.3) is 16.9 Å². The number of carbonyl (C=O) groups is 2. The van der Waals surface area contributed by atoms with Crippen LogP contribution in [-0.2, 0) is 11.3 Å². The molecule has 1 fully saturated rings. The molecule has 2 amide bonds. The number of nitrogens with one attached hydrogen (secondary N) is 2. The van der Waals surface area contributed by atoms with Crippen LogP contribution in [0.3, 0.4) is 0 Å². The number of imidazole rings is 1. The van der Waals surface area contributed by atoms with E-state index in [0.717, 1.165) is 5.69 Å². The summed E-state index contributed by atoms with van der Waals surface area (Å²) in [6.45, 7) is 1.99. The van der Waals surface area contributed by atoms with Gasteiger partial charge in [-0.15, -0.1) is 0 Å². The molecule has 6 rings (SSSR count). The van der Waals surface area contributed by atoms with Crippen molar-refractivity contribution in [3.63, 3.8) is 0 Å². The van der Waals surface area contributed by atoms with Crippen LogP contribution in [0, 0.1) is 5.82 Å². The molecule has 3 aromatic heterocycles. The summed E-state index contributed by atoms with van der Waals surface area (Å²) in [4.78, 5) is 33.1. The van der Waals surface area contributed by atoms with Gasteiger partial charge in [-0.05, 0) is 30.3 Å². The van der Waals surface area contributed by atoms with Crippen molar-refractivity contribution in [2.45, 2.75) is 6.54 Å². The normalized spacial score (nSPS) is 13.3. The second kappa shape index (κ2) is 12.0. The number of nitrogens with zero attached hydrogens (tertiary/aromatic N) is 6. The number of aromatic nitrogens is 4. The van der Waals surface area contributed by atoms with E-state index in [9.17, 15) is 9.59 Å². The van der Waals surface area contributed by atoms with E-state index in [2.05, 4.69) is 25.9 Å². The van der Waals surface area contributed by atoms with E-state index in [0.29, 0.717) is 66.8 Å². The molecule has 13 heteroatoms. The minimum absolute atomic E-state index is 0.120. The van der Waals surface area contributed by atoms with E-state index in [-0.39, 0.29) is 24.2 Å². The highest BCUT2D eigenvalue weighted by Crippen LogP contribution is 2.27. The fourth-order valence-electron chi connectivity index (χ4n) is 4.72. The van der Waals surface area contributed by atoms with Crippen molar-refractivity contribution in [2.75, 3.05) is 42.9 Å². The Morgan fingerprint density at radius 3 is 2.64 bits per heavy atom. The topological polar surface area (TPSA) is 135 Å². The molecule has 0 spiro atoms. The van der Waals surface area contributed by atoms with Crippen LogP contribution in [0.1, 0.15) is 16.1 Å². The first kappa shape index (κ1) is 26.7. The Morgan fingerprint density at radius 2 is 1.88 bits per heavy atom. The smallest absolute Gasteiger partial charge is 0.251 e. The number of piperazine rings is 1. The maximum atomic E-state index is 15.1. The van der Waals surface area contributed by atoms with E-state index in [4.69, 9.17) is 9.05 Å². The summed E-state index contributed by atoms with van der Waals surface area (Å²) < 4.78 is 27.1. The maximum absolute atomic E-state index is 15.1. The van der Waals surface area contributed by atoms with Gasteiger partial charge in [0, 0.05) is 67.5 Å². The zero-order valence-electron chi connectivity index (χ0n) is 22.4. The lowest BCUT2D eigenvalue weighted by Crippen LogP contribution is -2.51. The van der Waals surface area contributed by atoms with E-state index in [1.54, 1.807) is 70.7 Å². The molecule has 0 atom stereocenters. The predicted octanol–water partition coefficient (Wildman–Crippen LogP) is 3.35. The summed E-state index contributed by atoms with van der Waals surface area (Å²) in [7, 11) is 0. The lowest BCUT2D eigenvalue weighted by molar-refractivity contribution is -0.130. The monoisotopic (exact) mass is 570 g/mol. The van der Waals surface area contributed by atoms with Crippen molar-refractivity contribution in [3.8, 4) is 16.9 Å². The van der Waals surface area contributed by atoms with Gasteiger partial charge in [-0.2, -0.15) is 0 Å². The van der Waals surface area contributed by atoms with Gasteiger partial charge in [0.1, 0.15) is 17.8 Å². The third-order valence-electron chi connectivity index (χ3n) is 6.97. The molecule has 0 saturated carbocycles. The van der Waals surface area contributed by atoms with Gasteiger partial charge in [0.05, 0.1) is 25.1 Å². The number of benzene rings is 2. The molecule has 4 heterocycles. The lowest BCUT2D eigenvalue weighted by atomic mass is 10.1. The fourth-order valence-corrected chi connectivity index (χ4v) is 4.72. The summed E-state index contributed by atoms with van der Waals surface area (Å²) in [6.07, 6.45) is 6.55. The van der Waals surface area contributed by atoms with Crippen molar-refractivity contribution in [2.24, 2.45) is 0 Å². The molecule has 0 radical (unpaired) electrons. The molecule has 1 aliphatic heterocycles. The van der Waals surface area contributed by atoms with E-state index in [1.807, 2.05) is 11.0 Å². The third-order valence-corrected chi connectivity index (χ3v) is 6.97. The Bertz CT molecular complexity index is 1660. The van der Waals surface area contributed by atoms with Gasteiger partial charge in [0.25, 0.3) is 5.91 Å². The lowest BCUT2D eigenvalue weighted by Gasteiger charge is -2.36. The van der Waals surface area contributed by atoms with Crippen molar-refractivity contribution >= 4 is 23.3 Å². The molecule has 12 nitrogen and oxygen atoms in total. The molecule has 0 bridgehead atoms.